The zero-order valence-corrected chi connectivity index (χ0v) is 15.0. The maximum atomic E-state index is 12.7. The van der Waals surface area contributed by atoms with Crippen LogP contribution in [0.4, 0.5) is 11.4 Å². The van der Waals surface area contributed by atoms with Crippen LogP contribution in [0.2, 0.25) is 5.02 Å². The topological polar surface area (TPSA) is 97.6 Å². The highest BCUT2D eigenvalue weighted by Gasteiger charge is 2.25. The lowest BCUT2D eigenvalue weighted by molar-refractivity contribution is -0.152. The minimum absolute atomic E-state index is 0.0560. The molecule has 2 N–H and O–H groups in total. The van der Waals surface area contributed by atoms with Gasteiger partial charge in [0.2, 0.25) is 5.76 Å². The predicted octanol–water partition coefficient (Wildman–Crippen LogP) is 3.84. The van der Waals surface area contributed by atoms with Gasteiger partial charge in [-0.1, -0.05) is 29.8 Å². The van der Waals surface area contributed by atoms with E-state index in [1.165, 1.54) is 0 Å². The summed E-state index contributed by atoms with van der Waals surface area (Å²) in [6, 6.07) is 13.3. The van der Waals surface area contributed by atoms with Gasteiger partial charge < -0.3 is 19.8 Å². The number of carbonyl (C=O) groups is 3. The van der Waals surface area contributed by atoms with Crippen molar-refractivity contribution in [2.75, 3.05) is 17.2 Å². The summed E-state index contributed by atoms with van der Waals surface area (Å²) in [6.07, 6.45) is 0. The van der Waals surface area contributed by atoms with Crippen LogP contribution in [-0.2, 0) is 14.3 Å². The van der Waals surface area contributed by atoms with E-state index in [1.807, 2.05) is 0 Å². The summed E-state index contributed by atoms with van der Waals surface area (Å²) in [4.78, 5) is 36.4. The summed E-state index contributed by atoms with van der Waals surface area (Å²) < 4.78 is 10.3. The fourth-order valence-corrected chi connectivity index (χ4v) is 2.64. The number of benzene rings is 2. The molecule has 0 aliphatic heterocycles. The zero-order chi connectivity index (χ0) is 19.4. The molecule has 0 unspecified atom stereocenters. The first-order valence-corrected chi connectivity index (χ1v) is 8.44. The first-order chi connectivity index (χ1) is 13.0. The molecule has 0 aliphatic rings. The van der Waals surface area contributed by atoms with E-state index in [0.29, 0.717) is 21.7 Å². The monoisotopic (exact) mass is 386 g/mol. The van der Waals surface area contributed by atoms with Crippen molar-refractivity contribution in [2.45, 2.75) is 6.92 Å². The first-order valence-electron chi connectivity index (χ1n) is 8.06. The first kappa shape index (κ1) is 18.5. The Labute approximate surface area is 159 Å². The van der Waals surface area contributed by atoms with Crippen LogP contribution < -0.4 is 10.6 Å². The Morgan fingerprint density at radius 1 is 1.07 bits per heavy atom. The third-order valence-electron chi connectivity index (χ3n) is 3.58. The molecule has 8 heteroatoms. The number of fused-ring (bicyclic) bond motifs is 1. The van der Waals surface area contributed by atoms with Crippen molar-refractivity contribution >= 4 is 51.7 Å². The number of rotatable bonds is 4. The van der Waals surface area contributed by atoms with Gasteiger partial charge in [0.25, 0.3) is 5.91 Å². The molecule has 138 valence electrons. The van der Waals surface area contributed by atoms with Crippen molar-refractivity contribution in [1.82, 2.24) is 0 Å². The standard InChI is InChI=1S/C19H15ClN2O5/c1-2-26-19(25)18(24)22-15-13-8-3-4-9-14(13)27-16(15)17(23)21-12-7-5-6-11(20)10-12/h3-10H,2H2,1H3,(H,21,23)(H,22,24). The minimum Gasteiger partial charge on any atom is -0.459 e. The van der Waals surface area contributed by atoms with Gasteiger partial charge >= 0.3 is 11.9 Å². The Balaban J connectivity index is 1.95. The molecule has 1 aromatic heterocycles. The number of carbonyl (C=O) groups excluding carboxylic acids is 3. The van der Waals surface area contributed by atoms with E-state index in [0.717, 1.165) is 0 Å². The fourth-order valence-electron chi connectivity index (χ4n) is 2.44. The molecule has 2 aromatic carbocycles. The third kappa shape index (κ3) is 4.09. The summed E-state index contributed by atoms with van der Waals surface area (Å²) in [6.45, 7) is 1.64. The van der Waals surface area contributed by atoms with Crippen LogP contribution in [0.5, 0.6) is 0 Å². The molecular weight excluding hydrogens is 372 g/mol. The van der Waals surface area contributed by atoms with E-state index in [1.54, 1.807) is 55.5 Å². The quantitative estimate of drug-likeness (QED) is 0.524. The molecule has 3 rings (SSSR count). The van der Waals surface area contributed by atoms with Crippen LogP contribution in [0.25, 0.3) is 11.0 Å². The van der Waals surface area contributed by atoms with E-state index in [-0.39, 0.29) is 18.1 Å². The van der Waals surface area contributed by atoms with Crippen molar-refractivity contribution in [1.29, 1.82) is 0 Å². The molecular formula is C19H15ClN2O5. The molecule has 2 amide bonds. The van der Waals surface area contributed by atoms with Crippen molar-refractivity contribution < 1.29 is 23.5 Å². The summed E-state index contributed by atoms with van der Waals surface area (Å²) in [7, 11) is 0. The van der Waals surface area contributed by atoms with E-state index in [9.17, 15) is 14.4 Å². The number of ether oxygens (including phenoxy) is 1. The molecule has 0 fully saturated rings. The molecule has 0 saturated carbocycles. The molecule has 0 radical (unpaired) electrons. The van der Waals surface area contributed by atoms with Gasteiger partial charge in [-0.05, 0) is 37.3 Å². The van der Waals surface area contributed by atoms with Crippen molar-refractivity contribution in [3.63, 3.8) is 0 Å². The third-order valence-corrected chi connectivity index (χ3v) is 3.82. The SMILES string of the molecule is CCOC(=O)C(=O)Nc1c(C(=O)Nc2cccc(Cl)c2)oc2ccccc12. The highest BCUT2D eigenvalue weighted by molar-refractivity contribution is 6.38. The fraction of sp³-hybridized carbons (Fsp3) is 0.105. The van der Waals surface area contributed by atoms with Crippen LogP contribution >= 0.6 is 11.6 Å². The Bertz CT molecular complexity index is 1030. The Kier molecular flexibility index (Phi) is 5.42. The largest absolute Gasteiger partial charge is 0.459 e. The second kappa shape index (κ2) is 7.92. The summed E-state index contributed by atoms with van der Waals surface area (Å²) in [5.74, 6) is -2.80. The van der Waals surface area contributed by atoms with Gasteiger partial charge in [0.1, 0.15) is 11.3 Å². The van der Waals surface area contributed by atoms with Crippen LogP contribution in [0.15, 0.2) is 52.9 Å². The predicted molar refractivity (Wildman–Crippen MR) is 101 cm³/mol. The average molecular weight is 387 g/mol. The summed E-state index contributed by atoms with van der Waals surface area (Å²) in [5.41, 5.74) is 0.923. The number of furan rings is 1. The van der Waals surface area contributed by atoms with Gasteiger partial charge in [0.05, 0.1) is 6.61 Å². The number of para-hydroxylation sites is 1. The number of halogens is 1. The molecule has 0 atom stereocenters. The Hall–Kier alpha value is -3.32. The van der Waals surface area contributed by atoms with Gasteiger partial charge in [-0.25, -0.2) is 4.79 Å². The van der Waals surface area contributed by atoms with Crippen LogP contribution in [-0.4, -0.2) is 24.4 Å². The van der Waals surface area contributed by atoms with Crippen LogP contribution in [0.3, 0.4) is 0 Å². The number of amides is 2. The summed E-state index contributed by atoms with van der Waals surface area (Å²) in [5, 5.41) is 5.98. The van der Waals surface area contributed by atoms with Gasteiger partial charge in [0.15, 0.2) is 0 Å². The second-order valence-electron chi connectivity index (χ2n) is 5.44. The molecule has 1 heterocycles. The van der Waals surface area contributed by atoms with Crippen LogP contribution in [0, 0.1) is 0 Å². The smallest absolute Gasteiger partial charge is 0.397 e. The van der Waals surface area contributed by atoms with E-state index >= 15 is 0 Å². The van der Waals surface area contributed by atoms with Crippen molar-refractivity contribution in [3.8, 4) is 0 Å². The molecule has 0 saturated heterocycles. The lowest BCUT2D eigenvalue weighted by atomic mass is 10.2. The molecule has 7 nitrogen and oxygen atoms in total. The van der Waals surface area contributed by atoms with E-state index < -0.39 is 17.8 Å². The maximum Gasteiger partial charge on any atom is 0.397 e. The minimum atomic E-state index is -1.05. The lowest BCUT2D eigenvalue weighted by Crippen LogP contribution is -2.26. The van der Waals surface area contributed by atoms with E-state index in [2.05, 4.69) is 15.4 Å². The molecule has 3 aromatic rings. The van der Waals surface area contributed by atoms with Crippen molar-refractivity contribution in [2.24, 2.45) is 0 Å². The van der Waals surface area contributed by atoms with E-state index in [4.69, 9.17) is 16.0 Å². The molecule has 27 heavy (non-hydrogen) atoms. The normalized spacial score (nSPS) is 10.4. The maximum absolute atomic E-state index is 12.7. The number of anilines is 2. The van der Waals surface area contributed by atoms with Gasteiger partial charge in [-0.2, -0.15) is 0 Å². The number of hydrogen-bond donors (Lipinski definition) is 2. The van der Waals surface area contributed by atoms with Crippen LogP contribution in [0.1, 0.15) is 17.5 Å². The lowest BCUT2D eigenvalue weighted by Gasteiger charge is -2.07. The number of esters is 1. The number of hydrogen-bond acceptors (Lipinski definition) is 5. The second-order valence-corrected chi connectivity index (χ2v) is 5.88. The van der Waals surface area contributed by atoms with Gasteiger partial charge in [-0.3, -0.25) is 9.59 Å². The van der Waals surface area contributed by atoms with Crippen molar-refractivity contribution in [3.05, 3.63) is 59.3 Å². The molecule has 0 bridgehead atoms. The Morgan fingerprint density at radius 2 is 1.85 bits per heavy atom. The van der Waals surface area contributed by atoms with Gasteiger partial charge in [-0.15, -0.1) is 0 Å². The van der Waals surface area contributed by atoms with Gasteiger partial charge in [0, 0.05) is 16.1 Å². The molecule has 0 aliphatic carbocycles. The number of nitrogens with one attached hydrogen (secondary N) is 2. The summed E-state index contributed by atoms with van der Waals surface area (Å²) >= 11 is 5.92. The highest BCUT2D eigenvalue weighted by Crippen LogP contribution is 2.31. The highest BCUT2D eigenvalue weighted by atomic mass is 35.5. The Morgan fingerprint density at radius 3 is 2.59 bits per heavy atom. The zero-order valence-electron chi connectivity index (χ0n) is 14.2. The molecule has 0 spiro atoms. The average Bonchev–Trinajstić information content (AvgIpc) is 3.01.